The predicted molar refractivity (Wildman–Crippen MR) is 100 cm³/mol. The maximum atomic E-state index is 12.4. The molecule has 1 aliphatic rings. The van der Waals surface area contributed by atoms with Gasteiger partial charge in [0.1, 0.15) is 6.54 Å². The fraction of sp³-hybridized carbons (Fsp3) is 0.471. The number of hydrogen-bond acceptors (Lipinski definition) is 4. The SMILES string of the molecule is CCCNCCNC(=O)CCC(=O)N1CC(=O)Nc2ccccc21.Cl. The Bertz CT molecular complexity index is 609. The summed E-state index contributed by atoms with van der Waals surface area (Å²) in [5.74, 6) is -0.610. The zero-order valence-corrected chi connectivity index (χ0v) is 15.2. The van der Waals surface area contributed by atoms with E-state index in [4.69, 9.17) is 0 Å². The van der Waals surface area contributed by atoms with Crippen molar-refractivity contribution in [2.75, 3.05) is 36.4 Å². The Hall–Kier alpha value is -2.12. The smallest absolute Gasteiger partial charge is 0.244 e. The number of para-hydroxylation sites is 2. The van der Waals surface area contributed by atoms with Gasteiger partial charge >= 0.3 is 0 Å². The van der Waals surface area contributed by atoms with Crippen molar-refractivity contribution in [1.29, 1.82) is 0 Å². The average molecular weight is 369 g/mol. The zero-order chi connectivity index (χ0) is 17.4. The highest BCUT2D eigenvalue weighted by Gasteiger charge is 2.26. The molecule has 8 heteroatoms. The number of carbonyl (C=O) groups excluding carboxylic acids is 3. The first-order valence-corrected chi connectivity index (χ1v) is 8.28. The molecule has 138 valence electrons. The highest BCUT2D eigenvalue weighted by atomic mass is 35.5. The summed E-state index contributed by atoms with van der Waals surface area (Å²) in [7, 11) is 0. The molecular formula is C17H25ClN4O3. The van der Waals surface area contributed by atoms with Crippen LogP contribution in [0.1, 0.15) is 26.2 Å². The minimum absolute atomic E-state index is 0. The number of carbonyl (C=O) groups is 3. The van der Waals surface area contributed by atoms with Crippen LogP contribution in [0.3, 0.4) is 0 Å². The molecule has 0 saturated carbocycles. The third-order valence-corrected chi connectivity index (χ3v) is 3.69. The van der Waals surface area contributed by atoms with Crippen LogP contribution in [0.4, 0.5) is 11.4 Å². The number of anilines is 2. The molecule has 1 aromatic rings. The van der Waals surface area contributed by atoms with E-state index >= 15 is 0 Å². The van der Waals surface area contributed by atoms with Crippen molar-refractivity contribution in [3.8, 4) is 0 Å². The van der Waals surface area contributed by atoms with Gasteiger partial charge in [-0.25, -0.2) is 0 Å². The summed E-state index contributed by atoms with van der Waals surface area (Å²) in [5.41, 5.74) is 1.29. The number of amides is 3. The summed E-state index contributed by atoms with van der Waals surface area (Å²) in [6.07, 6.45) is 1.25. The Balaban J connectivity index is 0.00000312. The summed E-state index contributed by atoms with van der Waals surface area (Å²) in [5, 5.41) is 8.70. The van der Waals surface area contributed by atoms with E-state index in [0.717, 1.165) is 13.0 Å². The zero-order valence-electron chi connectivity index (χ0n) is 14.3. The van der Waals surface area contributed by atoms with Gasteiger partial charge in [-0.15, -0.1) is 12.4 Å². The van der Waals surface area contributed by atoms with Crippen LogP contribution in [-0.4, -0.2) is 43.9 Å². The van der Waals surface area contributed by atoms with Gasteiger partial charge in [-0.2, -0.15) is 0 Å². The van der Waals surface area contributed by atoms with E-state index in [1.165, 1.54) is 4.90 Å². The number of nitrogens with one attached hydrogen (secondary N) is 3. The largest absolute Gasteiger partial charge is 0.355 e. The Morgan fingerprint density at radius 2 is 1.92 bits per heavy atom. The second-order valence-corrected chi connectivity index (χ2v) is 5.65. The fourth-order valence-electron chi connectivity index (χ4n) is 2.49. The topological polar surface area (TPSA) is 90.5 Å². The van der Waals surface area contributed by atoms with Gasteiger partial charge in [-0.1, -0.05) is 19.1 Å². The van der Waals surface area contributed by atoms with Gasteiger partial charge in [0.05, 0.1) is 11.4 Å². The molecule has 0 unspecified atom stereocenters. The van der Waals surface area contributed by atoms with E-state index in [2.05, 4.69) is 22.9 Å². The summed E-state index contributed by atoms with van der Waals surface area (Å²) in [4.78, 5) is 37.3. The van der Waals surface area contributed by atoms with Crippen molar-refractivity contribution in [3.63, 3.8) is 0 Å². The third kappa shape index (κ3) is 6.36. The number of benzene rings is 1. The predicted octanol–water partition coefficient (Wildman–Crippen LogP) is 1.29. The van der Waals surface area contributed by atoms with Crippen molar-refractivity contribution in [3.05, 3.63) is 24.3 Å². The van der Waals surface area contributed by atoms with Crippen LogP contribution in [-0.2, 0) is 14.4 Å². The van der Waals surface area contributed by atoms with Crippen LogP contribution in [0.2, 0.25) is 0 Å². The monoisotopic (exact) mass is 368 g/mol. The summed E-state index contributed by atoms with van der Waals surface area (Å²) in [6, 6.07) is 7.15. The number of hydrogen-bond donors (Lipinski definition) is 3. The van der Waals surface area contributed by atoms with Crippen LogP contribution < -0.4 is 20.9 Å². The quantitative estimate of drug-likeness (QED) is 0.603. The molecule has 0 fully saturated rings. The number of fused-ring (bicyclic) bond motifs is 1. The lowest BCUT2D eigenvalue weighted by molar-refractivity contribution is -0.125. The number of rotatable bonds is 8. The molecule has 0 saturated heterocycles. The van der Waals surface area contributed by atoms with Gasteiger partial charge in [-0.3, -0.25) is 14.4 Å². The second kappa shape index (κ2) is 10.7. The van der Waals surface area contributed by atoms with Crippen molar-refractivity contribution in [2.24, 2.45) is 0 Å². The van der Waals surface area contributed by atoms with Gasteiger partial charge in [0.25, 0.3) is 0 Å². The van der Waals surface area contributed by atoms with E-state index < -0.39 is 0 Å². The Kier molecular flexibility index (Phi) is 8.94. The van der Waals surface area contributed by atoms with Crippen LogP contribution in [0.25, 0.3) is 0 Å². The van der Waals surface area contributed by atoms with Gasteiger partial charge in [-0.05, 0) is 25.1 Å². The minimum Gasteiger partial charge on any atom is -0.355 e. The lowest BCUT2D eigenvalue weighted by Crippen LogP contribution is -2.42. The molecule has 0 atom stereocenters. The summed E-state index contributed by atoms with van der Waals surface area (Å²) >= 11 is 0. The fourth-order valence-corrected chi connectivity index (χ4v) is 2.49. The molecule has 0 aliphatic carbocycles. The third-order valence-electron chi connectivity index (χ3n) is 3.69. The van der Waals surface area contributed by atoms with Crippen molar-refractivity contribution >= 4 is 41.5 Å². The highest BCUT2D eigenvalue weighted by molar-refractivity contribution is 6.10. The van der Waals surface area contributed by atoms with E-state index in [9.17, 15) is 14.4 Å². The molecule has 0 spiro atoms. The Morgan fingerprint density at radius 3 is 2.68 bits per heavy atom. The van der Waals surface area contributed by atoms with Crippen LogP contribution in [0.5, 0.6) is 0 Å². The minimum atomic E-state index is -0.228. The van der Waals surface area contributed by atoms with Crippen molar-refractivity contribution in [1.82, 2.24) is 10.6 Å². The van der Waals surface area contributed by atoms with Crippen molar-refractivity contribution in [2.45, 2.75) is 26.2 Å². The van der Waals surface area contributed by atoms with Gasteiger partial charge in [0.15, 0.2) is 0 Å². The standard InChI is InChI=1S/C17H24N4O3.ClH/c1-2-9-18-10-11-19-15(22)7-8-17(24)21-12-16(23)20-13-5-3-4-6-14(13)21;/h3-6,18H,2,7-12H2,1H3,(H,19,22)(H,20,23);1H. The molecule has 1 aromatic carbocycles. The molecule has 7 nitrogen and oxygen atoms in total. The molecule has 3 amide bonds. The number of halogens is 1. The highest BCUT2D eigenvalue weighted by Crippen LogP contribution is 2.29. The normalized spacial score (nSPS) is 12.7. The molecule has 1 aliphatic heterocycles. The lowest BCUT2D eigenvalue weighted by atomic mass is 10.1. The summed E-state index contributed by atoms with van der Waals surface area (Å²) < 4.78 is 0. The van der Waals surface area contributed by atoms with E-state index in [0.29, 0.717) is 24.5 Å². The Labute approximate surface area is 153 Å². The molecule has 0 radical (unpaired) electrons. The molecule has 3 N–H and O–H groups in total. The van der Waals surface area contributed by atoms with Gasteiger partial charge in [0, 0.05) is 25.9 Å². The first kappa shape index (κ1) is 20.9. The van der Waals surface area contributed by atoms with E-state index in [1.807, 2.05) is 6.07 Å². The van der Waals surface area contributed by atoms with Crippen molar-refractivity contribution < 1.29 is 14.4 Å². The van der Waals surface area contributed by atoms with E-state index in [-0.39, 0.29) is 49.5 Å². The average Bonchev–Trinajstić information content (AvgIpc) is 2.58. The maximum absolute atomic E-state index is 12.4. The van der Waals surface area contributed by atoms with Gasteiger partial charge in [0.2, 0.25) is 17.7 Å². The first-order valence-electron chi connectivity index (χ1n) is 8.28. The number of nitrogens with zero attached hydrogens (tertiary/aromatic N) is 1. The molecule has 2 rings (SSSR count). The van der Waals surface area contributed by atoms with Crippen LogP contribution in [0.15, 0.2) is 24.3 Å². The molecule has 0 aromatic heterocycles. The van der Waals surface area contributed by atoms with Crippen LogP contribution in [0, 0.1) is 0 Å². The second-order valence-electron chi connectivity index (χ2n) is 5.65. The molecular weight excluding hydrogens is 344 g/mol. The summed E-state index contributed by atoms with van der Waals surface area (Å²) in [6.45, 7) is 4.24. The maximum Gasteiger partial charge on any atom is 0.244 e. The molecule has 1 heterocycles. The first-order chi connectivity index (χ1) is 11.6. The molecule has 0 bridgehead atoms. The Morgan fingerprint density at radius 1 is 1.16 bits per heavy atom. The lowest BCUT2D eigenvalue weighted by Gasteiger charge is -2.29. The van der Waals surface area contributed by atoms with Crippen LogP contribution >= 0.6 is 12.4 Å². The van der Waals surface area contributed by atoms with Gasteiger partial charge < -0.3 is 20.9 Å². The van der Waals surface area contributed by atoms with E-state index in [1.54, 1.807) is 18.2 Å². The molecule has 25 heavy (non-hydrogen) atoms.